The van der Waals surface area contributed by atoms with E-state index in [4.69, 9.17) is 0 Å². The summed E-state index contributed by atoms with van der Waals surface area (Å²) in [7, 11) is 0. The minimum absolute atomic E-state index is 0.0956. The first-order chi connectivity index (χ1) is 21.7. The monoisotopic (exact) mass is 604 g/mol. The summed E-state index contributed by atoms with van der Waals surface area (Å²) in [6, 6.07) is 28.0. The number of carboxylic acid groups (broad SMARTS) is 1. The van der Waals surface area contributed by atoms with Gasteiger partial charge in [0.1, 0.15) is 5.82 Å². The van der Waals surface area contributed by atoms with Crippen LogP contribution in [-0.4, -0.2) is 59.0 Å². The van der Waals surface area contributed by atoms with Crippen LogP contribution in [0, 0.1) is 5.82 Å². The Morgan fingerprint density at radius 3 is 2.33 bits per heavy atom. The van der Waals surface area contributed by atoms with E-state index >= 15 is 0 Å². The van der Waals surface area contributed by atoms with Gasteiger partial charge in [-0.2, -0.15) is 0 Å². The molecule has 1 aliphatic heterocycles. The molecule has 1 aliphatic rings. The standard InChI is InChI=1S/C36H33FN4O4/c1-23(42)40-15-17-41(18-16-40)30-13-10-24(11-14-30)25-6-4-7-28(19-25)36(45)39-35(33-20-27-5-2-3-8-32(27)38-33)31-22-29(37)12-9-26(31)21-34(43)44/h2-14,19-20,22,35,38H,15-18,21H2,1H3,(H,39,45)(H,43,44). The SMILES string of the molecule is CC(=O)N1CCN(c2ccc(-c3cccc(C(=O)NC(c4cc5ccccc5[nH]4)c4cc(F)ccc4CC(=O)O)c3)cc2)CC1. The number of aliphatic carboxylic acids is 1. The average Bonchev–Trinajstić information content (AvgIpc) is 3.48. The van der Waals surface area contributed by atoms with E-state index in [1.807, 2.05) is 77.7 Å². The zero-order chi connectivity index (χ0) is 31.5. The molecule has 2 heterocycles. The smallest absolute Gasteiger partial charge is 0.307 e. The highest BCUT2D eigenvalue weighted by Gasteiger charge is 2.24. The van der Waals surface area contributed by atoms with Gasteiger partial charge in [0.05, 0.1) is 12.5 Å². The molecule has 1 atom stereocenters. The predicted octanol–water partition coefficient (Wildman–Crippen LogP) is 5.79. The van der Waals surface area contributed by atoms with Gasteiger partial charge >= 0.3 is 5.97 Å². The molecule has 1 fully saturated rings. The summed E-state index contributed by atoms with van der Waals surface area (Å²) in [4.78, 5) is 44.5. The Kier molecular flexibility index (Phi) is 8.33. The number of carbonyl (C=O) groups excluding carboxylic acids is 2. The lowest BCUT2D eigenvalue weighted by atomic mass is 9.95. The Bertz CT molecular complexity index is 1840. The highest BCUT2D eigenvalue weighted by molar-refractivity contribution is 5.96. The Morgan fingerprint density at radius 1 is 0.867 bits per heavy atom. The van der Waals surface area contributed by atoms with Gasteiger partial charge in [-0.05, 0) is 76.2 Å². The van der Waals surface area contributed by atoms with Gasteiger partial charge in [-0.15, -0.1) is 0 Å². The molecule has 1 unspecified atom stereocenters. The molecule has 6 rings (SSSR count). The number of benzene rings is 4. The highest BCUT2D eigenvalue weighted by atomic mass is 19.1. The number of para-hydroxylation sites is 1. The normalized spacial score (nSPS) is 13.9. The van der Waals surface area contributed by atoms with Crippen LogP contribution in [0.3, 0.4) is 0 Å². The van der Waals surface area contributed by atoms with Crippen molar-refractivity contribution in [3.05, 3.63) is 125 Å². The van der Waals surface area contributed by atoms with Crippen molar-refractivity contribution in [2.24, 2.45) is 0 Å². The fraction of sp³-hybridized carbons (Fsp3) is 0.194. The van der Waals surface area contributed by atoms with Crippen LogP contribution in [0.15, 0.2) is 97.1 Å². The third-order valence-electron chi connectivity index (χ3n) is 8.31. The number of aromatic nitrogens is 1. The molecule has 1 saturated heterocycles. The molecule has 4 aromatic carbocycles. The minimum Gasteiger partial charge on any atom is -0.481 e. The number of amides is 2. The van der Waals surface area contributed by atoms with Crippen molar-refractivity contribution in [2.75, 3.05) is 31.1 Å². The quantitative estimate of drug-likeness (QED) is 0.208. The van der Waals surface area contributed by atoms with Crippen molar-refractivity contribution in [1.29, 1.82) is 0 Å². The molecule has 45 heavy (non-hydrogen) atoms. The summed E-state index contributed by atoms with van der Waals surface area (Å²) in [5.41, 5.74) is 5.51. The maximum Gasteiger partial charge on any atom is 0.307 e. The second kappa shape index (κ2) is 12.7. The van der Waals surface area contributed by atoms with E-state index in [0.29, 0.717) is 35.5 Å². The number of hydrogen-bond donors (Lipinski definition) is 3. The van der Waals surface area contributed by atoms with Crippen LogP contribution in [0.4, 0.5) is 10.1 Å². The van der Waals surface area contributed by atoms with Crippen molar-refractivity contribution in [1.82, 2.24) is 15.2 Å². The number of anilines is 1. The van der Waals surface area contributed by atoms with Crippen LogP contribution < -0.4 is 10.2 Å². The summed E-state index contributed by atoms with van der Waals surface area (Å²) >= 11 is 0. The van der Waals surface area contributed by atoms with Crippen molar-refractivity contribution >= 4 is 34.4 Å². The number of fused-ring (bicyclic) bond motifs is 1. The largest absolute Gasteiger partial charge is 0.481 e. The zero-order valence-electron chi connectivity index (χ0n) is 24.8. The minimum atomic E-state index is -1.05. The molecule has 8 nitrogen and oxygen atoms in total. The zero-order valence-corrected chi connectivity index (χ0v) is 24.8. The van der Waals surface area contributed by atoms with Gasteiger partial charge in [-0.1, -0.05) is 48.5 Å². The van der Waals surface area contributed by atoms with Gasteiger partial charge in [-0.25, -0.2) is 4.39 Å². The molecule has 0 saturated carbocycles. The number of rotatable bonds is 8. The molecule has 1 aromatic heterocycles. The second-order valence-electron chi connectivity index (χ2n) is 11.3. The van der Waals surface area contributed by atoms with E-state index in [2.05, 4.69) is 15.2 Å². The number of nitrogens with one attached hydrogen (secondary N) is 2. The van der Waals surface area contributed by atoms with Gasteiger partial charge < -0.3 is 25.2 Å². The van der Waals surface area contributed by atoms with Crippen molar-refractivity contribution in [2.45, 2.75) is 19.4 Å². The number of halogens is 1. The first-order valence-electron chi connectivity index (χ1n) is 14.8. The van der Waals surface area contributed by atoms with Crippen molar-refractivity contribution in [3.63, 3.8) is 0 Å². The summed E-state index contributed by atoms with van der Waals surface area (Å²) in [6.45, 7) is 4.53. The molecule has 0 spiro atoms. The van der Waals surface area contributed by atoms with Gasteiger partial charge in [0.2, 0.25) is 5.91 Å². The molecule has 9 heteroatoms. The summed E-state index contributed by atoms with van der Waals surface area (Å²) in [5, 5.41) is 13.5. The van der Waals surface area contributed by atoms with Crippen LogP contribution in [-0.2, 0) is 16.0 Å². The van der Waals surface area contributed by atoms with Gasteiger partial charge in [-0.3, -0.25) is 14.4 Å². The molecular weight excluding hydrogens is 571 g/mol. The van der Waals surface area contributed by atoms with Crippen LogP contribution in [0.25, 0.3) is 22.0 Å². The van der Waals surface area contributed by atoms with Gasteiger partial charge in [0, 0.05) is 55.6 Å². The van der Waals surface area contributed by atoms with Crippen LogP contribution in [0.2, 0.25) is 0 Å². The van der Waals surface area contributed by atoms with Crippen LogP contribution >= 0.6 is 0 Å². The highest BCUT2D eigenvalue weighted by Crippen LogP contribution is 2.30. The molecule has 0 bridgehead atoms. The third-order valence-corrected chi connectivity index (χ3v) is 8.31. The number of H-pyrrole nitrogens is 1. The molecule has 0 aliphatic carbocycles. The number of nitrogens with zero attached hydrogens (tertiary/aromatic N) is 2. The van der Waals surface area contributed by atoms with E-state index in [1.54, 1.807) is 13.0 Å². The summed E-state index contributed by atoms with van der Waals surface area (Å²) < 4.78 is 14.6. The number of aromatic amines is 1. The average molecular weight is 605 g/mol. The van der Waals surface area contributed by atoms with Crippen molar-refractivity contribution in [3.8, 4) is 11.1 Å². The van der Waals surface area contributed by atoms with E-state index in [-0.39, 0.29) is 18.2 Å². The molecule has 0 radical (unpaired) electrons. The number of carboxylic acids is 1. The van der Waals surface area contributed by atoms with E-state index < -0.39 is 17.8 Å². The molecule has 2 amide bonds. The second-order valence-corrected chi connectivity index (χ2v) is 11.3. The third kappa shape index (κ3) is 6.57. The Balaban J connectivity index is 1.27. The van der Waals surface area contributed by atoms with Crippen LogP contribution in [0.5, 0.6) is 0 Å². The fourth-order valence-electron chi connectivity index (χ4n) is 5.93. The van der Waals surface area contributed by atoms with E-state index in [9.17, 15) is 23.9 Å². The number of hydrogen-bond acceptors (Lipinski definition) is 4. The number of carbonyl (C=O) groups is 3. The molecule has 5 aromatic rings. The lowest BCUT2D eigenvalue weighted by Crippen LogP contribution is -2.48. The summed E-state index contributed by atoms with van der Waals surface area (Å²) in [6.07, 6.45) is -0.319. The maximum absolute atomic E-state index is 14.6. The lowest BCUT2D eigenvalue weighted by molar-refractivity contribution is -0.136. The Morgan fingerprint density at radius 2 is 1.62 bits per heavy atom. The van der Waals surface area contributed by atoms with Crippen molar-refractivity contribution < 1.29 is 23.9 Å². The fourth-order valence-corrected chi connectivity index (χ4v) is 5.93. The lowest BCUT2D eigenvalue weighted by Gasteiger charge is -2.35. The number of piperazine rings is 1. The molecule has 3 N–H and O–H groups in total. The Hall–Kier alpha value is -5.44. The molecule has 228 valence electrons. The first kappa shape index (κ1) is 29.6. The van der Waals surface area contributed by atoms with E-state index in [1.165, 1.54) is 18.2 Å². The molecular formula is C36H33FN4O4. The van der Waals surface area contributed by atoms with Gasteiger partial charge in [0.15, 0.2) is 0 Å². The van der Waals surface area contributed by atoms with Crippen LogP contribution in [0.1, 0.15) is 40.1 Å². The first-order valence-corrected chi connectivity index (χ1v) is 14.8. The van der Waals surface area contributed by atoms with E-state index in [0.717, 1.165) is 40.8 Å². The predicted molar refractivity (Wildman–Crippen MR) is 172 cm³/mol. The topological polar surface area (TPSA) is 106 Å². The summed E-state index contributed by atoms with van der Waals surface area (Å²) in [5.74, 6) is -1.87. The maximum atomic E-state index is 14.6. The Labute approximate surface area is 260 Å². The van der Waals surface area contributed by atoms with Gasteiger partial charge in [0.25, 0.3) is 5.91 Å².